The van der Waals surface area contributed by atoms with E-state index in [9.17, 15) is 4.79 Å². The summed E-state index contributed by atoms with van der Waals surface area (Å²) in [5, 5.41) is 14.2. The van der Waals surface area contributed by atoms with Crippen LogP contribution < -0.4 is 15.5 Å². The minimum absolute atomic E-state index is 0.248. The molecule has 0 aliphatic carbocycles. The smallest absolute Gasteiger partial charge is 0.276 e. The maximum Gasteiger partial charge on any atom is 0.276 e. The van der Waals surface area contributed by atoms with E-state index in [1.165, 1.54) is 24.9 Å². The van der Waals surface area contributed by atoms with E-state index in [1.807, 2.05) is 12.1 Å². The van der Waals surface area contributed by atoms with Crippen LogP contribution in [-0.4, -0.2) is 35.7 Å². The van der Waals surface area contributed by atoms with Gasteiger partial charge in [0.05, 0.1) is 0 Å². The minimum Gasteiger partial charge on any atom is -0.372 e. The number of anilines is 3. The number of benzene rings is 1. The van der Waals surface area contributed by atoms with Gasteiger partial charge in [-0.1, -0.05) is 13.8 Å². The summed E-state index contributed by atoms with van der Waals surface area (Å²) in [4.78, 5) is 14.8. The second-order valence-corrected chi connectivity index (χ2v) is 7.46. The van der Waals surface area contributed by atoms with Crippen LogP contribution >= 0.6 is 0 Å². The lowest BCUT2D eigenvalue weighted by atomic mass is 10.1. The third kappa shape index (κ3) is 5.67. The monoisotopic (exact) mass is 367 g/mol. The molecule has 2 N–H and O–H groups in total. The number of aromatic nitrogens is 2. The summed E-state index contributed by atoms with van der Waals surface area (Å²) in [6.45, 7) is 7.43. The number of hydrogen-bond acceptors (Lipinski definition) is 5. The highest BCUT2D eigenvalue weighted by Crippen LogP contribution is 2.22. The van der Waals surface area contributed by atoms with Gasteiger partial charge in [0, 0.05) is 31.0 Å². The van der Waals surface area contributed by atoms with E-state index >= 15 is 0 Å². The van der Waals surface area contributed by atoms with Crippen molar-refractivity contribution >= 4 is 23.1 Å². The largest absolute Gasteiger partial charge is 0.372 e. The van der Waals surface area contributed by atoms with Crippen molar-refractivity contribution in [1.29, 1.82) is 0 Å². The molecule has 1 aliphatic rings. The first kappa shape index (κ1) is 19.1. The third-order valence-corrected chi connectivity index (χ3v) is 4.77. The van der Waals surface area contributed by atoms with Crippen molar-refractivity contribution in [3.8, 4) is 0 Å². The summed E-state index contributed by atoms with van der Waals surface area (Å²) in [7, 11) is 0. The van der Waals surface area contributed by atoms with Crippen molar-refractivity contribution in [3.05, 3.63) is 42.1 Å². The Morgan fingerprint density at radius 3 is 2.41 bits per heavy atom. The number of amides is 1. The Bertz CT molecular complexity index is 721. The van der Waals surface area contributed by atoms with Crippen LogP contribution in [0.4, 0.5) is 17.2 Å². The normalized spacial score (nSPS) is 14.3. The Hall–Kier alpha value is -2.63. The van der Waals surface area contributed by atoms with Gasteiger partial charge >= 0.3 is 0 Å². The highest BCUT2D eigenvalue weighted by Gasteiger charge is 2.12. The molecular weight excluding hydrogens is 338 g/mol. The van der Waals surface area contributed by atoms with Gasteiger partial charge in [0.15, 0.2) is 5.69 Å². The molecule has 1 aromatic heterocycles. The molecule has 0 bridgehead atoms. The zero-order valence-electron chi connectivity index (χ0n) is 16.2. The van der Waals surface area contributed by atoms with Crippen LogP contribution in [0.15, 0.2) is 36.4 Å². The molecular formula is C21H29N5O. The molecule has 27 heavy (non-hydrogen) atoms. The fourth-order valence-electron chi connectivity index (χ4n) is 3.14. The van der Waals surface area contributed by atoms with E-state index in [0.29, 0.717) is 17.4 Å². The highest BCUT2D eigenvalue weighted by atomic mass is 16.1. The van der Waals surface area contributed by atoms with Crippen LogP contribution in [0.5, 0.6) is 0 Å². The first-order chi connectivity index (χ1) is 13.1. The molecule has 0 spiro atoms. The molecule has 1 amide bonds. The van der Waals surface area contributed by atoms with Crippen molar-refractivity contribution in [2.45, 2.75) is 39.5 Å². The van der Waals surface area contributed by atoms with Crippen LogP contribution in [0.25, 0.3) is 0 Å². The quantitative estimate of drug-likeness (QED) is 0.768. The van der Waals surface area contributed by atoms with E-state index < -0.39 is 0 Å². The lowest BCUT2D eigenvalue weighted by molar-refractivity contribution is 0.102. The predicted octanol–water partition coefficient (Wildman–Crippen LogP) is 4.18. The average molecular weight is 367 g/mol. The molecule has 6 nitrogen and oxygen atoms in total. The fourth-order valence-corrected chi connectivity index (χ4v) is 3.14. The summed E-state index contributed by atoms with van der Waals surface area (Å²) in [5.41, 5.74) is 2.29. The Morgan fingerprint density at radius 1 is 1.04 bits per heavy atom. The molecule has 0 saturated carbocycles. The minimum atomic E-state index is -0.248. The second kappa shape index (κ2) is 9.35. The first-order valence-electron chi connectivity index (χ1n) is 9.86. The maximum atomic E-state index is 12.4. The molecule has 1 fully saturated rings. The number of rotatable bonds is 7. The fraction of sp³-hybridized carbons (Fsp3) is 0.476. The third-order valence-electron chi connectivity index (χ3n) is 4.77. The van der Waals surface area contributed by atoms with E-state index in [2.05, 4.69) is 51.7 Å². The second-order valence-electron chi connectivity index (χ2n) is 7.46. The summed E-state index contributed by atoms with van der Waals surface area (Å²) >= 11 is 0. The highest BCUT2D eigenvalue weighted by molar-refractivity contribution is 6.02. The van der Waals surface area contributed by atoms with Crippen LogP contribution in [0.3, 0.4) is 0 Å². The zero-order chi connectivity index (χ0) is 19.1. The summed E-state index contributed by atoms with van der Waals surface area (Å²) in [6.07, 6.45) is 4.88. The number of carbonyl (C=O) groups is 1. The van der Waals surface area contributed by atoms with Crippen LogP contribution in [0.2, 0.25) is 0 Å². The van der Waals surface area contributed by atoms with Gasteiger partial charge in [-0.15, -0.1) is 10.2 Å². The molecule has 2 aromatic rings. The number of piperidine rings is 1. The number of nitrogens with one attached hydrogen (secondary N) is 2. The SMILES string of the molecule is CC(C)CCNc1ccc(C(=O)Nc2ccc(N3CCCCC3)cc2)nn1. The van der Waals surface area contributed by atoms with Gasteiger partial charge in [0.2, 0.25) is 0 Å². The molecule has 1 aliphatic heterocycles. The first-order valence-corrected chi connectivity index (χ1v) is 9.86. The Morgan fingerprint density at radius 2 is 1.78 bits per heavy atom. The Labute approximate surface area is 161 Å². The predicted molar refractivity (Wildman–Crippen MR) is 110 cm³/mol. The van der Waals surface area contributed by atoms with E-state index in [-0.39, 0.29) is 5.91 Å². The molecule has 0 radical (unpaired) electrons. The van der Waals surface area contributed by atoms with Crippen LogP contribution in [0.1, 0.15) is 50.0 Å². The molecule has 2 heterocycles. The standard InChI is InChI=1S/C21H29N5O/c1-16(2)12-13-22-20-11-10-19(24-25-20)21(27)23-17-6-8-18(9-7-17)26-14-4-3-5-15-26/h6-11,16H,3-5,12-15H2,1-2H3,(H,22,25)(H,23,27). The van der Waals surface area contributed by atoms with Crippen molar-refractivity contribution in [1.82, 2.24) is 10.2 Å². The number of hydrogen-bond donors (Lipinski definition) is 2. The summed E-state index contributed by atoms with van der Waals surface area (Å²) in [6, 6.07) is 11.5. The molecule has 0 atom stereocenters. The van der Waals surface area contributed by atoms with Crippen molar-refractivity contribution < 1.29 is 4.79 Å². The number of nitrogens with zero attached hydrogens (tertiary/aromatic N) is 3. The average Bonchev–Trinajstić information content (AvgIpc) is 2.69. The molecule has 0 unspecified atom stereocenters. The van der Waals surface area contributed by atoms with E-state index in [4.69, 9.17) is 0 Å². The van der Waals surface area contributed by atoms with Crippen molar-refractivity contribution in [2.75, 3.05) is 35.2 Å². The molecule has 1 saturated heterocycles. The van der Waals surface area contributed by atoms with Crippen LogP contribution in [0, 0.1) is 5.92 Å². The van der Waals surface area contributed by atoms with Gasteiger partial charge in [-0.3, -0.25) is 4.79 Å². The lowest BCUT2D eigenvalue weighted by Gasteiger charge is -2.28. The maximum absolute atomic E-state index is 12.4. The Balaban J connectivity index is 1.53. The summed E-state index contributed by atoms with van der Waals surface area (Å²) < 4.78 is 0. The summed E-state index contributed by atoms with van der Waals surface area (Å²) in [5.74, 6) is 1.08. The van der Waals surface area contributed by atoms with E-state index in [1.54, 1.807) is 12.1 Å². The molecule has 144 valence electrons. The van der Waals surface area contributed by atoms with Gasteiger partial charge in [-0.2, -0.15) is 0 Å². The molecule has 6 heteroatoms. The topological polar surface area (TPSA) is 70.2 Å². The number of carbonyl (C=O) groups excluding carboxylic acids is 1. The zero-order valence-corrected chi connectivity index (χ0v) is 16.2. The lowest BCUT2D eigenvalue weighted by Crippen LogP contribution is -2.29. The van der Waals surface area contributed by atoms with Crippen molar-refractivity contribution in [3.63, 3.8) is 0 Å². The Kier molecular flexibility index (Phi) is 6.63. The molecule has 1 aromatic carbocycles. The van der Waals surface area contributed by atoms with Gasteiger partial charge < -0.3 is 15.5 Å². The van der Waals surface area contributed by atoms with Gasteiger partial charge in [0.1, 0.15) is 5.82 Å². The van der Waals surface area contributed by atoms with Gasteiger partial charge in [0.25, 0.3) is 5.91 Å². The van der Waals surface area contributed by atoms with Gasteiger partial charge in [-0.05, 0) is 68.0 Å². The van der Waals surface area contributed by atoms with Crippen molar-refractivity contribution in [2.24, 2.45) is 5.92 Å². The molecule has 3 rings (SSSR count). The van der Waals surface area contributed by atoms with Gasteiger partial charge in [-0.25, -0.2) is 0 Å². The van der Waals surface area contributed by atoms with E-state index in [0.717, 1.165) is 31.7 Å². The van der Waals surface area contributed by atoms with Crippen LogP contribution in [-0.2, 0) is 0 Å².